The molecule has 0 aromatic carbocycles. The molecule has 0 unspecified atom stereocenters. The minimum atomic E-state index is -0.379. The van der Waals surface area contributed by atoms with Gasteiger partial charge in [-0.2, -0.15) is 4.98 Å². The number of nitrogen functional groups attached to an aromatic ring is 1. The van der Waals surface area contributed by atoms with Gasteiger partial charge in [-0.3, -0.25) is 4.52 Å². The van der Waals surface area contributed by atoms with Crippen LogP contribution in [0.2, 0.25) is 0 Å². The summed E-state index contributed by atoms with van der Waals surface area (Å²) >= 11 is 1.11. The van der Waals surface area contributed by atoms with E-state index in [4.69, 9.17) is 10.3 Å². The molecule has 0 saturated carbocycles. The monoisotopic (exact) mass is 267 g/mol. The van der Waals surface area contributed by atoms with E-state index in [0.29, 0.717) is 5.16 Å². The first-order chi connectivity index (χ1) is 8.63. The zero-order valence-corrected chi connectivity index (χ0v) is 10.2. The summed E-state index contributed by atoms with van der Waals surface area (Å²) in [4.78, 5) is 15.0. The molecule has 0 amide bonds. The Hall–Kier alpha value is -2.23. The van der Waals surface area contributed by atoms with Crippen molar-refractivity contribution < 1.29 is 14.3 Å². The summed E-state index contributed by atoms with van der Waals surface area (Å²) in [6, 6.07) is 0. The predicted molar refractivity (Wildman–Crippen MR) is 59.7 cm³/mol. The fourth-order valence-electron chi connectivity index (χ4n) is 1.01. The lowest BCUT2D eigenvalue weighted by Crippen LogP contribution is -2.27. The molecule has 0 atom stereocenters. The van der Waals surface area contributed by atoms with Gasteiger partial charge in [0.15, 0.2) is 17.5 Å². The number of nitrogens with zero attached hydrogens (tertiary/aromatic N) is 6. The normalized spacial score (nSPS) is 11.7. The molecule has 0 aliphatic heterocycles. The first-order valence-electron chi connectivity index (χ1n) is 4.78. The Bertz CT molecular complexity index is 570. The van der Waals surface area contributed by atoms with Gasteiger partial charge in [0.2, 0.25) is 5.95 Å². The summed E-state index contributed by atoms with van der Waals surface area (Å²) in [6.07, 6.45) is 2.77. The maximum Gasteiger partial charge on any atom is 0.320 e. The molecule has 0 bridgehead atoms. The molecular formula is C8H9N7O2S. The maximum absolute atomic E-state index is 11.5. The Morgan fingerprint density at radius 2 is 2.44 bits per heavy atom. The van der Waals surface area contributed by atoms with E-state index in [9.17, 15) is 5.11 Å². The maximum atomic E-state index is 11.5. The van der Waals surface area contributed by atoms with Crippen LogP contribution in [0.3, 0.4) is 0 Å². The van der Waals surface area contributed by atoms with Crippen LogP contribution in [0.25, 0.3) is 0 Å². The third-order valence-electron chi connectivity index (χ3n) is 1.69. The van der Waals surface area contributed by atoms with Crippen LogP contribution in [-0.4, -0.2) is 31.9 Å². The number of aryl methyl sites for hydroxylation is 1. The second-order valence-electron chi connectivity index (χ2n) is 3.13. The number of hydrogen-bond donors (Lipinski definition) is 1. The van der Waals surface area contributed by atoms with Crippen molar-refractivity contribution in [3.63, 3.8) is 0 Å². The van der Waals surface area contributed by atoms with Gasteiger partial charge in [-0.1, -0.05) is 16.4 Å². The summed E-state index contributed by atoms with van der Waals surface area (Å²) in [7, 11) is 1.66. The lowest BCUT2D eigenvalue weighted by Gasteiger charge is -2.06. The Morgan fingerprint density at radius 1 is 1.61 bits per heavy atom. The van der Waals surface area contributed by atoms with E-state index < -0.39 is 0 Å². The standard InChI is InChI=1S/C8H9N7O2S/c1-15-2-6(17-14-15)12-5(16)3-18-8-11-4-10-7(9)13-8/h2,4H,3H2,1H3,(H2-,9,10,11,12,13,14,16). The van der Waals surface area contributed by atoms with E-state index in [0.717, 1.165) is 11.8 Å². The topological polar surface area (TPSA) is 130 Å². The number of anilines is 1. The fraction of sp³-hybridized carbons (Fsp3) is 0.250. The number of aliphatic imine (C=N–C) groups is 1. The summed E-state index contributed by atoms with van der Waals surface area (Å²) in [5, 5.41) is 15.4. The highest BCUT2D eigenvalue weighted by atomic mass is 32.2. The van der Waals surface area contributed by atoms with Crippen molar-refractivity contribution in [3.05, 3.63) is 12.5 Å². The SMILES string of the molecule is C[n+]1cc(/N=C(/[O-])CSc2ncnc(N)n2)on1. The number of aromatic nitrogens is 5. The number of rotatable bonds is 4. The van der Waals surface area contributed by atoms with Crippen LogP contribution in [0.4, 0.5) is 11.8 Å². The molecule has 0 fully saturated rings. The third kappa shape index (κ3) is 3.38. The van der Waals surface area contributed by atoms with Gasteiger partial charge < -0.3 is 10.8 Å². The Kier molecular flexibility index (Phi) is 3.67. The van der Waals surface area contributed by atoms with E-state index in [2.05, 4.69) is 25.2 Å². The summed E-state index contributed by atoms with van der Waals surface area (Å²) in [5.41, 5.74) is 5.38. The van der Waals surface area contributed by atoms with E-state index in [1.54, 1.807) is 7.05 Å². The predicted octanol–water partition coefficient (Wildman–Crippen LogP) is -1.55. The van der Waals surface area contributed by atoms with Crippen molar-refractivity contribution in [3.8, 4) is 0 Å². The van der Waals surface area contributed by atoms with Crippen LogP contribution < -0.4 is 15.5 Å². The first-order valence-corrected chi connectivity index (χ1v) is 5.76. The largest absolute Gasteiger partial charge is 0.861 e. The highest BCUT2D eigenvalue weighted by Gasteiger charge is 2.04. The summed E-state index contributed by atoms with van der Waals surface area (Å²) in [5.74, 6) is -0.0402. The molecule has 10 heteroatoms. The van der Waals surface area contributed by atoms with E-state index in [1.165, 1.54) is 17.2 Å². The number of thioether (sulfide) groups is 1. The molecular weight excluding hydrogens is 258 g/mol. The van der Waals surface area contributed by atoms with Crippen LogP contribution in [0.1, 0.15) is 0 Å². The quantitative estimate of drug-likeness (QED) is 0.305. The smallest absolute Gasteiger partial charge is 0.320 e. The second-order valence-corrected chi connectivity index (χ2v) is 4.08. The van der Waals surface area contributed by atoms with Crippen molar-refractivity contribution in [2.45, 2.75) is 5.16 Å². The molecule has 0 aliphatic rings. The van der Waals surface area contributed by atoms with Gasteiger partial charge in [-0.25, -0.2) is 15.0 Å². The molecule has 9 nitrogen and oxygen atoms in total. The molecule has 0 radical (unpaired) electrons. The highest BCUT2D eigenvalue weighted by molar-refractivity contribution is 7.99. The van der Waals surface area contributed by atoms with Crippen LogP contribution in [0.5, 0.6) is 0 Å². The van der Waals surface area contributed by atoms with Gasteiger partial charge >= 0.3 is 5.88 Å². The minimum Gasteiger partial charge on any atom is -0.861 e. The van der Waals surface area contributed by atoms with Crippen LogP contribution >= 0.6 is 11.8 Å². The fourth-order valence-corrected chi connectivity index (χ4v) is 1.60. The molecule has 2 heterocycles. The van der Waals surface area contributed by atoms with Gasteiger partial charge in [0.1, 0.15) is 6.33 Å². The molecule has 2 aromatic rings. The van der Waals surface area contributed by atoms with Crippen molar-refractivity contribution in [1.82, 2.24) is 20.2 Å². The lowest BCUT2D eigenvalue weighted by atomic mass is 10.7. The molecule has 18 heavy (non-hydrogen) atoms. The van der Waals surface area contributed by atoms with E-state index >= 15 is 0 Å². The number of hydrogen-bond acceptors (Lipinski definition) is 9. The van der Waals surface area contributed by atoms with Crippen molar-refractivity contribution in [1.29, 1.82) is 0 Å². The zero-order chi connectivity index (χ0) is 13.0. The van der Waals surface area contributed by atoms with E-state index in [-0.39, 0.29) is 23.5 Å². The Balaban J connectivity index is 1.96. The molecule has 2 aromatic heterocycles. The van der Waals surface area contributed by atoms with Crippen molar-refractivity contribution in [2.75, 3.05) is 11.5 Å². The minimum absolute atomic E-state index is 0.0772. The van der Waals surface area contributed by atoms with Gasteiger partial charge in [-0.05, 0) is 5.90 Å². The first kappa shape index (κ1) is 12.2. The Labute approximate surface area is 106 Å². The van der Waals surface area contributed by atoms with Crippen molar-refractivity contribution >= 4 is 29.5 Å². The number of nitrogens with two attached hydrogens (primary N) is 1. The zero-order valence-electron chi connectivity index (χ0n) is 9.35. The summed E-state index contributed by atoms with van der Waals surface area (Å²) in [6.45, 7) is 0. The average molecular weight is 267 g/mol. The van der Waals surface area contributed by atoms with Gasteiger partial charge in [-0.15, -0.1) is 0 Å². The van der Waals surface area contributed by atoms with Gasteiger partial charge in [0.05, 0.1) is 0 Å². The van der Waals surface area contributed by atoms with Crippen LogP contribution in [0, 0.1) is 0 Å². The van der Waals surface area contributed by atoms with Crippen LogP contribution in [-0.2, 0) is 7.05 Å². The van der Waals surface area contributed by atoms with Gasteiger partial charge in [0.25, 0.3) is 6.20 Å². The molecule has 2 rings (SSSR count). The van der Waals surface area contributed by atoms with E-state index in [1.807, 2.05) is 0 Å². The summed E-state index contributed by atoms with van der Waals surface area (Å²) < 4.78 is 6.17. The second kappa shape index (κ2) is 5.40. The van der Waals surface area contributed by atoms with Crippen LogP contribution in [0.15, 0.2) is 27.2 Å². The average Bonchev–Trinajstić information content (AvgIpc) is 2.72. The molecule has 0 saturated heterocycles. The molecule has 2 N–H and O–H groups in total. The molecule has 94 valence electrons. The lowest BCUT2D eigenvalue weighted by molar-refractivity contribution is -0.739. The molecule has 0 spiro atoms. The Morgan fingerprint density at radius 3 is 3.11 bits per heavy atom. The van der Waals surface area contributed by atoms with Gasteiger partial charge in [0, 0.05) is 5.75 Å². The molecule has 0 aliphatic carbocycles. The van der Waals surface area contributed by atoms with Crippen molar-refractivity contribution in [2.24, 2.45) is 12.0 Å². The third-order valence-corrected chi connectivity index (χ3v) is 2.53. The highest BCUT2D eigenvalue weighted by Crippen LogP contribution is 2.13.